The molecule has 0 aromatic heterocycles. The first kappa shape index (κ1) is 23.0. The Kier molecular flexibility index (Phi) is 8.36. The summed E-state index contributed by atoms with van der Waals surface area (Å²) in [5.74, 6) is 0. The highest BCUT2D eigenvalue weighted by Crippen LogP contribution is 2.27. The summed E-state index contributed by atoms with van der Waals surface area (Å²) < 4.78 is 0. The van der Waals surface area contributed by atoms with Crippen LogP contribution in [-0.2, 0) is 19.6 Å². The van der Waals surface area contributed by atoms with Gasteiger partial charge in [-0.2, -0.15) is 0 Å². The average Bonchev–Trinajstić information content (AvgIpc) is 3.01. The maximum Gasteiger partial charge on any atom is 0.0848 e. The summed E-state index contributed by atoms with van der Waals surface area (Å²) in [6, 6.07) is 29.3. The van der Waals surface area contributed by atoms with Crippen molar-refractivity contribution in [3.63, 3.8) is 0 Å². The fraction of sp³-hybridized carbons (Fsp3) is 0.357. The molecule has 3 nitrogen and oxygen atoms in total. The Morgan fingerprint density at radius 1 is 0.750 bits per heavy atom. The molecule has 168 valence electrons. The summed E-state index contributed by atoms with van der Waals surface area (Å²) in [4.78, 5) is 2.45. The molecule has 1 fully saturated rings. The standard InChI is InChI=1S/C28H33ClN2O/c29-25-17-15-24(16-18-25)21-31(20-23-11-5-2-6-12-23)27-14-8-7-13-26(28(27)32)30-19-22-9-3-1-4-10-22/h1-6,9-12,15-18,26-28,30,32H,7-8,13-14,19-21H2/t26-,27-,28-/m1/s1. The first-order valence-corrected chi connectivity index (χ1v) is 12.0. The van der Waals surface area contributed by atoms with E-state index < -0.39 is 6.10 Å². The van der Waals surface area contributed by atoms with Gasteiger partial charge in [0, 0.05) is 36.7 Å². The predicted octanol–water partition coefficient (Wildman–Crippen LogP) is 5.80. The minimum absolute atomic E-state index is 0.0891. The van der Waals surface area contributed by atoms with Gasteiger partial charge in [0.25, 0.3) is 0 Å². The normalized spacial score (nSPS) is 21.4. The van der Waals surface area contributed by atoms with E-state index in [4.69, 9.17) is 11.6 Å². The van der Waals surface area contributed by atoms with E-state index in [-0.39, 0.29) is 12.1 Å². The highest BCUT2D eigenvalue weighted by Gasteiger charge is 2.33. The summed E-state index contributed by atoms with van der Waals surface area (Å²) in [5, 5.41) is 15.9. The van der Waals surface area contributed by atoms with Crippen LogP contribution in [-0.4, -0.2) is 28.2 Å². The number of aliphatic hydroxyl groups is 1. The van der Waals surface area contributed by atoms with Gasteiger partial charge in [0.1, 0.15) is 0 Å². The summed E-state index contributed by atoms with van der Waals surface area (Å²) >= 11 is 6.11. The van der Waals surface area contributed by atoms with Gasteiger partial charge in [-0.15, -0.1) is 0 Å². The maximum atomic E-state index is 11.5. The van der Waals surface area contributed by atoms with Gasteiger partial charge < -0.3 is 10.4 Å². The fourth-order valence-electron chi connectivity index (χ4n) is 4.73. The molecule has 1 aliphatic carbocycles. The van der Waals surface area contributed by atoms with E-state index in [1.165, 1.54) is 16.7 Å². The summed E-state index contributed by atoms with van der Waals surface area (Å²) in [7, 11) is 0. The van der Waals surface area contributed by atoms with Crippen LogP contribution in [0.1, 0.15) is 42.4 Å². The number of rotatable bonds is 8. The fourth-order valence-corrected chi connectivity index (χ4v) is 4.85. The van der Waals surface area contributed by atoms with Crippen LogP contribution in [0.4, 0.5) is 0 Å². The van der Waals surface area contributed by atoms with E-state index >= 15 is 0 Å². The topological polar surface area (TPSA) is 35.5 Å². The number of nitrogens with zero attached hydrogens (tertiary/aromatic N) is 1. The van der Waals surface area contributed by atoms with Gasteiger partial charge in [-0.3, -0.25) is 4.90 Å². The molecule has 3 atom stereocenters. The lowest BCUT2D eigenvalue weighted by molar-refractivity contribution is 0.0162. The zero-order valence-corrected chi connectivity index (χ0v) is 19.3. The SMILES string of the molecule is O[C@H]1[C@H](N(Cc2ccccc2)Cc2ccc(Cl)cc2)CCCC[C@H]1NCc1ccccc1. The van der Waals surface area contributed by atoms with Gasteiger partial charge in [0.2, 0.25) is 0 Å². The van der Waals surface area contributed by atoms with Gasteiger partial charge in [0.05, 0.1) is 6.10 Å². The Hall–Kier alpha value is -2.17. The first-order chi connectivity index (χ1) is 15.7. The molecule has 0 aliphatic heterocycles. The van der Waals surface area contributed by atoms with Crippen LogP contribution in [0, 0.1) is 0 Å². The van der Waals surface area contributed by atoms with Crippen molar-refractivity contribution in [3.05, 3.63) is 107 Å². The summed E-state index contributed by atoms with van der Waals surface area (Å²) in [6.07, 6.45) is 3.87. The van der Waals surface area contributed by atoms with Crippen molar-refractivity contribution in [1.82, 2.24) is 10.2 Å². The number of halogens is 1. The molecule has 0 amide bonds. The third-order valence-corrected chi connectivity index (χ3v) is 6.73. The molecule has 0 spiro atoms. The van der Waals surface area contributed by atoms with Crippen LogP contribution in [0.15, 0.2) is 84.9 Å². The largest absolute Gasteiger partial charge is 0.390 e. The monoisotopic (exact) mass is 448 g/mol. The molecule has 3 aromatic carbocycles. The molecule has 0 saturated heterocycles. The van der Waals surface area contributed by atoms with E-state index in [1.807, 2.05) is 18.2 Å². The molecular formula is C28H33ClN2O. The predicted molar refractivity (Wildman–Crippen MR) is 132 cm³/mol. The van der Waals surface area contributed by atoms with Crippen molar-refractivity contribution in [2.45, 2.75) is 63.5 Å². The lowest BCUT2D eigenvalue weighted by atomic mass is 9.98. The number of nitrogens with one attached hydrogen (secondary N) is 1. The van der Waals surface area contributed by atoms with E-state index in [0.717, 1.165) is 50.3 Å². The quantitative estimate of drug-likeness (QED) is 0.427. The zero-order valence-electron chi connectivity index (χ0n) is 18.5. The molecule has 3 aromatic rings. The van der Waals surface area contributed by atoms with Crippen LogP contribution >= 0.6 is 11.6 Å². The molecule has 4 rings (SSSR count). The Morgan fingerprint density at radius 2 is 1.31 bits per heavy atom. The molecule has 32 heavy (non-hydrogen) atoms. The van der Waals surface area contributed by atoms with Gasteiger partial charge in [0.15, 0.2) is 0 Å². The zero-order chi connectivity index (χ0) is 22.2. The number of aliphatic hydroxyl groups excluding tert-OH is 1. The second-order valence-corrected chi connectivity index (χ2v) is 9.27. The van der Waals surface area contributed by atoms with Gasteiger partial charge in [-0.05, 0) is 41.7 Å². The number of hydrogen-bond donors (Lipinski definition) is 2. The van der Waals surface area contributed by atoms with Crippen molar-refractivity contribution in [1.29, 1.82) is 0 Å². The highest BCUT2D eigenvalue weighted by atomic mass is 35.5. The molecule has 0 bridgehead atoms. The summed E-state index contributed by atoms with van der Waals surface area (Å²) in [5.41, 5.74) is 3.74. The number of hydrogen-bond acceptors (Lipinski definition) is 3. The third-order valence-electron chi connectivity index (χ3n) is 6.48. The van der Waals surface area contributed by atoms with Gasteiger partial charge >= 0.3 is 0 Å². The van der Waals surface area contributed by atoms with Crippen molar-refractivity contribution in [2.75, 3.05) is 0 Å². The van der Waals surface area contributed by atoms with E-state index in [0.29, 0.717) is 0 Å². The highest BCUT2D eigenvalue weighted by molar-refractivity contribution is 6.30. The smallest absolute Gasteiger partial charge is 0.0848 e. The van der Waals surface area contributed by atoms with E-state index in [1.54, 1.807) is 0 Å². The van der Waals surface area contributed by atoms with Crippen molar-refractivity contribution < 1.29 is 5.11 Å². The van der Waals surface area contributed by atoms with Crippen LogP contribution in [0.3, 0.4) is 0 Å². The molecule has 1 aliphatic rings. The second-order valence-electron chi connectivity index (χ2n) is 8.83. The molecule has 0 heterocycles. The average molecular weight is 449 g/mol. The van der Waals surface area contributed by atoms with Gasteiger partial charge in [-0.1, -0.05) is 97.2 Å². The third kappa shape index (κ3) is 6.43. The molecule has 4 heteroatoms. The molecule has 0 unspecified atom stereocenters. The number of benzene rings is 3. The van der Waals surface area contributed by atoms with E-state index in [9.17, 15) is 5.11 Å². The molecule has 0 radical (unpaired) electrons. The molecule has 2 N–H and O–H groups in total. The minimum Gasteiger partial charge on any atom is -0.390 e. The van der Waals surface area contributed by atoms with Crippen molar-refractivity contribution >= 4 is 11.6 Å². The van der Waals surface area contributed by atoms with Crippen molar-refractivity contribution in [3.8, 4) is 0 Å². The lowest BCUT2D eigenvalue weighted by Crippen LogP contribution is -2.51. The lowest BCUT2D eigenvalue weighted by Gasteiger charge is -2.37. The van der Waals surface area contributed by atoms with Crippen LogP contribution < -0.4 is 5.32 Å². The van der Waals surface area contributed by atoms with E-state index in [2.05, 4.69) is 76.9 Å². The van der Waals surface area contributed by atoms with Gasteiger partial charge in [-0.25, -0.2) is 0 Å². The van der Waals surface area contributed by atoms with Crippen LogP contribution in [0.5, 0.6) is 0 Å². The molecule has 1 saturated carbocycles. The molecular weight excluding hydrogens is 416 g/mol. The Bertz CT molecular complexity index is 933. The summed E-state index contributed by atoms with van der Waals surface area (Å²) in [6.45, 7) is 2.39. The van der Waals surface area contributed by atoms with Crippen LogP contribution in [0.25, 0.3) is 0 Å². The van der Waals surface area contributed by atoms with Crippen molar-refractivity contribution in [2.24, 2.45) is 0 Å². The first-order valence-electron chi connectivity index (χ1n) is 11.7. The Labute approximate surface area is 197 Å². The Morgan fingerprint density at radius 3 is 1.97 bits per heavy atom. The maximum absolute atomic E-state index is 11.5. The minimum atomic E-state index is -0.419. The van der Waals surface area contributed by atoms with Crippen LogP contribution in [0.2, 0.25) is 5.02 Å². The second kappa shape index (κ2) is 11.6. The Balaban J connectivity index is 1.52.